The number of nitrogens with zero attached hydrogens (tertiary/aromatic N) is 1. The van der Waals surface area contributed by atoms with Crippen LogP contribution in [0.5, 0.6) is 0 Å². The number of carbonyl (C=O) groups is 1. The van der Waals surface area contributed by atoms with Crippen molar-refractivity contribution >= 4 is 6.09 Å². The first-order valence-corrected chi connectivity index (χ1v) is 7.55. The molecule has 0 radical (unpaired) electrons. The monoisotopic (exact) mass is 284 g/mol. The zero-order valence-corrected chi connectivity index (χ0v) is 12.9. The number of carbonyl (C=O) groups excluding carboxylic acids is 1. The van der Waals surface area contributed by atoms with E-state index in [0.29, 0.717) is 11.8 Å². The molecule has 0 unspecified atom stereocenters. The fourth-order valence-electron chi connectivity index (χ4n) is 3.69. The van der Waals surface area contributed by atoms with Crippen molar-refractivity contribution < 1.29 is 14.6 Å². The van der Waals surface area contributed by atoms with Crippen LogP contribution in [-0.4, -0.2) is 46.9 Å². The Kier molecular flexibility index (Phi) is 4.04. The van der Waals surface area contributed by atoms with Crippen LogP contribution in [0.15, 0.2) is 0 Å². The minimum atomic E-state index is -0.434. The summed E-state index contributed by atoms with van der Waals surface area (Å²) >= 11 is 0. The molecule has 1 saturated heterocycles. The van der Waals surface area contributed by atoms with E-state index in [0.717, 1.165) is 38.8 Å². The van der Waals surface area contributed by atoms with E-state index in [-0.39, 0.29) is 18.2 Å². The molecule has 1 amide bonds. The number of nitrogens with two attached hydrogens (primary N) is 1. The van der Waals surface area contributed by atoms with E-state index in [1.165, 1.54) is 0 Å². The summed E-state index contributed by atoms with van der Waals surface area (Å²) in [6.45, 7) is 7.34. The summed E-state index contributed by atoms with van der Waals surface area (Å²) in [7, 11) is 0. The SMILES string of the molecule is CC(C)(C)OC(=O)N1CCC2(CC1)CC(N)(CCO)C2. The standard InChI is InChI=1S/C15H28N2O3/c1-13(2,3)20-12(19)17-7-4-14(5-8-17)10-15(16,11-14)6-9-18/h18H,4-11,16H2,1-3H3. The summed E-state index contributed by atoms with van der Waals surface area (Å²) in [6.07, 6.45) is 4.42. The predicted molar refractivity (Wildman–Crippen MR) is 77.3 cm³/mol. The molecule has 3 N–H and O–H groups in total. The first-order chi connectivity index (χ1) is 9.17. The number of amides is 1. The molecular formula is C15H28N2O3. The van der Waals surface area contributed by atoms with Crippen molar-refractivity contribution in [2.45, 2.75) is 64.0 Å². The van der Waals surface area contributed by atoms with Crippen molar-refractivity contribution in [3.63, 3.8) is 0 Å². The van der Waals surface area contributed by atoms with Gasteiger partial charge in [-0.3, -0.25) is 0 Å². The van der Waals surface area contributed by atoms with Crippen LogP contribution < -0.4 is 5.73 Å². The molecule has 0 aromatic carbocycles. The van der Waals surface area contributed by atoms with Gasteiger partial charge in [0.2, 0.25) is 0 Å². The molecule has 1 aliphatic heterocycles. The van der Waals surface area contributed by atoms with Gasteiger partial charge in [-0.05, 0) is 58.3 Å². The minimum Gasteiger partial charge on any atom is -0.444 e. The summed E-state index contributed by atoms with van der Waals surface area (Å²) in [5, 5.41) is 9.03. The predicted octanol–water partition coefficient (Wildman–Crippen LogP) is 1.88. The van der Waals surface area contributed by atoms with Gasteiger partial charge >= 0.3 is 6.09 Å². The molecule has 0 aromatic rings. The number of aliphatic hydroxyl groups is 1. The molecule has 1 saturated carbocycles. The number of hydrogen-bond acceptors (Lipinski definition) is 4. The van der Waals surface area contributed by atoms with Crippen LogP contribution in [0.2, 0.25) is 0 Å². The fraction of sp³-hybridized carbons (Fsp3) is 0.933. The Morgan fingerprint density at radius 3 is 2.30 bits per heavy atom. The third kappa shape index (κ3) is 3.44. The molecule has 0 atom stereocenters. The van der Waals surface area contributed by atoms with Gasteiger partial charge in [0, 0.05) is 25.2 Å². The quantitative estimate of drug-likeness (QED) is 0.812. The molecule has 1 heterocycles. The largest absolute Gasteiger partial charge is 0.444 e. The van der Waals surface area contributed by atoms with Crippen LogP contribution in [0.25, 0.3) is 0 Å². The van der Waals surface area contributed by atoms with Crippen molar-refractivity contribution in [2.75, 3.05) is 19.7 Å². The number of aliphatic hydroxyl groups excluding tert-OH is 1. The molecule has 1 aliphatic carbocycles. The zero-order chi connectivity index (χ0) is 15.0. The highest BCUT2D eigenvalue weighted by atomic mass is 16.6. The Bertz CT molecular complexity index is 360. The molecule has 2 aliphatic rings. The lowest BCUT2D eigenvalue weighted by Gasteiger charge is -2.57. The topological polar surface area (TPSA) is 75.8 Å². The average Bonchev–Trinajstić information content (AvgIpc) is 2.25. The normalized spacial score (nSPS) is 24.4. The van der Waals surface area contributed by atoms with E-state index < -0.39 is 5.60 Å². The smallest absolute Gasteiger partial charge is 0.410 e. The molecule has 1 spiro atoms. The average molecular weight is 284 g/mol. The summed E-state index contributed by atoms with van der Waals surface area (Å²) in [6, 6.07) is 0. The molecule has 0 bridgehead atoms. The molecular weight excluding hydrogens is 256 g/mol. The second kappa shape index (κ2) is 5.19. The van der Waals surface area contributed by atoms with Crippen LogP contribution in [-0.2, 0) is 4.74 Å². The Labute approximate surface area is 121 Å². The van der Waals surface area contributed by atoms with E-state index in [2.05, 4.69) is 0 Å². The van der Waals surface area contributed by atoms with Gasteiger partial charge in [0.1, 0.15) is 5.60 Å². The molecule has 116 valence electrons. The summed E-state index contributed by atoms with van der Waals surface area (Å²) in [4.78, 5) is 13.8. The number of rotatable bonds is 2. The number of piperidine rings is 1. The van der Waals surface area contributed by atoms with Crippen molar-refractivity contribution in [1.82, 2.24) is 4.90 Å². The molecule has 20 heavy (non-hydrogen) atoms. The lowest BCUT2D eigenvalue weighted by molar-refractivity contribution is -0.0450. The number of hydrogen-bond donors (Lipinski definition) is 2. The minimum absolute atomic E-state index is 0.163. The fourth-order valence-corrected chi connectivity index (χ4v) is 3.69. The lowest BCUT2D eigenvalue weighted by Crippen LogP contribution is -2.61. The molecule has 0 aromatic heterocycles. The van der Waals surface area contributed by atoms with E-state index in [1.54, 1.807) is 4.90 Å². The van der Waals surface area contributed by atoms with Gasteiger partial charge in [0.25, 0.3) is 0 Å². The maximum absolute atomic E-state index is 12.0. The highest BCUT2D eigenvalue weighted by Crippen LogP contribution is 2.54. The summed E-state index contributed by atoms with van der Waals surface area (Å²) in [5.74, 6) is 0. The Balaban J connectivity index is 1.81. The third-order valence-electron chi connectivity index (χ3n) is 4.54. The van der Waals surface area contributed by atoms with Gasteiger partial charge in [-0.15, -0.1) is 0 Å². The summed E-state index contributed by atoms with van der Waals surface area (Å²) in [5.41, 5.74) is 5.91. The van der Waals surface area contributed by atoms with E-state index in [9.17, 15) is 4.79 Å². The van der Waals surface area contributed by atoms with Gasteiger partial charge in [0.15, 0.2) is 0 Å². The van der Waals surface area contributed by atoms with Gasteiger partial charge in [-0.25, -0.2) is 4.79 Å². The highest BCUT2D eigenvalue weighted by Gasteiger charge is 2.53. The van der Waals surface area contributed by atoms with Crippen LogP contribution in [0.3, 0.4) is 0 Å². The zero-order valence-electron chi connectivity index (χ0n) is 12.9. The molecule has 5 nitrogen and oxygen atoms in total. The second-order valence-corrected chi connectivity index (χ2v) is 7.66. The highest BCUT2D eigenvalue weighted by molar-refractivity contribution is 5.68. The van der Waals surface area contributed by atoms with E-state index in [1.807, 2.05) is 20.8 Å². The van der Waals surface area contributed by atoms with Gasteiger partial charge < -0.3 is 20.5 Å². The molecule has 2 fully saturated rings. The van der Waals surface area contributed by atoms with Gasteiger partial charge in [-0.1, -0.05) is 0 Å². The second-order valence-electron chi connectivity index (χ2n) is 7.66. The van der Waals surface area contributed by atoms with E-state index in [4.69, 9.17) is 15.6 Å². The van der Waals surface area contributed by atoms with Crippen LogP contribution >= 0.6 is 0 Å². The van der Waals surface area contributed by atoms with Gasteiger partial charge in [0.05, 0.1) is 0 Å². The number of ether oxygens (including phenoxy) is 1. The lowest BCUT2D eigenvalue weighted by atomic mass is 9.53. The first kappa shape index (κ1) is 15.6. The summed E-state index contributed by atoms with van der Waals surface area (Å²) < 4.78 is 5.41. The Morgan fingerprint density at radius 1 is 1.30 bits per heavy atom. The number of likely N-dealkylation sites (tertiary alicyclic amines) is 1. The van der Waals surface area contributed by atoms with Crippen LogP contribution in [0, 0.1) is 5.41 Å². The maximum Gasteiger partial charge on any atom is 0.410 e. The van der Waals surface area contributed by atoms with Crippen molar-refractivity contribution in [3.8, 4) is 0 Å². The maximum atomic E-state index is 12.0. The molecule has 5 heteroatoms. The third-order valence-corrected chi connectivity index (χ3v) is 4.54. The Hall–Kier alpha value is -0.810. The van der Waals surface area contributed by atoms with Crippen molar-refractivity contribution in [3.05, 3.63) is 0 Å². The van der Waals surface area contributed by atoms with Crippen LogP contribution in [0.1, 0.15) is 52.9 Å². The van der Waals surface area contributed by atoms with Crippen molar-refractivity contribution in [1.29, 1.82) is 0 Å². The Morgan fingerprint density at radius 2 is 1.85 bits per heavy atom. The van der Waals surface area contributed by atoms with E-state index >= 15 is 0 Å². The van der Waals surface area contributed by atoms with Gasteiger partial charge in [-0.2, -0.15) is 0 Å². The molecule has 2 rings (SSSR count). The first-order valence-electron chi connectivity index (χ1n) is 7.55. The van der Waals surface area contributed by atoms with Crippen molar-refractivity contribution in [2.24, 2.45) is 11.1 Å². The van der Waals surface area contributed by atoms with Crippen LogP contribution in [0.4, 0.5) is 4.79 Å².